The van der Waals surface area contributed by atoms with Gasteiger partial charge in [-0.25, -0.2) is 0 Å². The first-order chi connectivity index (χ1) is 6.83. The molecule has 0 saturated heterocycles. The number of thioether (sulfide) groups is 1. The van der Waals surface area contributed by atoms with Gasteiger partial charge in [0.15, 0.2) is 4.34 Å². The summed E-state index contributed by atoms with van der Waals surface area (Å²) in [4.78, 5) is 0. The Hall–Kier alpha value is -0.0000000000000000278. The molecule has 0 amide bonds. The minimum absolute atomic E-state index is 0.551. The van der Waals surface area contributed by atoms with Crippen LogP contribution in [0.25, 0.3) is 0 Å². The van der Waals surface area contributed by atoms with E-state index < -0.39 is 0 Å². The van der Waals surface area contributed by atoms with Gasteiger partial charge >= 0.3 is 0 Å². The summed E-state index contributed by atoms with van der Waals surface area (Å²) < 4.78 is 0.972. The molecule has 1 heterocycles. The number of hydrogen-bond acceptors (Lipinski definition) is 5. The zero-order valence-electron chi connectivity index (χ0n) is 7.91. The van der Waals surface area contributed by atoms with Crippen molar-refractivity contribution >= 4 is 39.8 Å². The lowest BCUT2D eigenvalue weighted by Crippen LogP contribution is -1.82. The molecule has 1 aromatic heterocycles. The first-order valence-electron chi connectivity index (χ1n) is 4.60. The van der Waals surface area contributed by atoms with Crippen molar-refractivity contribution in [3.8, 4) is 0 Å². The van der Waals surface area contributed by atoms with Gasteiger partial charge in [-0.1, -0.05) is 35.9 Å². The molecule has 14 heavy (non-hydrogen) atoms. The summed E-state index contributed by atoms with van der Waals surface area (Å²) in [7, 11) is 0. The first kappa shape index (κ1) is 12.1. The van der Waals surface area contributed by atoms with Gasteiger partial charge in [0.05, 0.1) is 0 Å². The second-order valence-corrected chi connectivity index (χ2v) is 5.59. The Kier molecular flexibility index (Phi) is 6.31. The second-order valence-electron chi connectivity index (χ2n) is 2.86. The zero-order valence-corrected chi connectivity index (χ0v) is 10.3. The van der Waals surface area contributed by atoms with Gasteiger partial charge in [0.1, 0.15) is 0 Å². The molecule has 6 heteroatoms. The maximum absolute atomic E-state index is 5.58. The normalized spacial score (nSPS) is 10.6. The molecule has 0 fully saturated rings. The van der Waals surface area contributed by atoms with Gasteiger partial charge in [0.25, 0.3) is 0 Å². The molecular weight excluding hydrogens is 238 g/mol. The number of unbranched alkanes of at least 4 members (excludes halogenated alkanes) is 3. The predicted molar refractivity (Wildman–Crippen MR) is 64.2 cm³/mol. The summed E-state index contributed by atoms with van der Waals surface area (Å²) in [6.45, 7) is 0. The molecule has 0 spiro atoms. The SMILES string of the molecule is Nc1nnc(SCCCCCCCl)s1. The van der Waals surface area contributed by atoms with Crippen LogP contribution in [0.2, 0.25) is 0 Å². The number of rotatable bonds is 7. The quantitative estimate of drug-likeness (QED) is 0.460. The van der Waals surface area contributed by atoms with E-state index in [1.165, 1.54) is 30.6 Å². The Balaban J connectivity index is 1.99. The van der Waals surface area contributed by atoms with E-state index in [0.717, 1.165) is 22.4 Å². The Morgan fingerprint density at radius 1 is 1.21 bits per heavy atom. The largest absolute Gasteiger partial charge is 0.374 e. The molecule has 0 bridgehead atoms. The third-order valence-electron chi connectivity index (χ3n) is 1.68. The van der Waals surface area contributed by atoms with Crippen LogP contribution in [-0.4, -0.2) is 21.8 Å². The fraction of sp³-hybridized carbons (Fsp3) is 0.750. The molecule has 0 radical (unpaired) electrons. The summed E-state index contributed by atoms with van der Waals surface area (Å²) in [5.41, 5.74) is 5.47. The van der Waals surface area contributed by atoms with Crippen LogP contribution >= 0.6 is 34.7 Å². The molecule has 0 saturated carbocycles. The van der Waals surface area contributed by atoms with Crippen LogP contribution in [0, 0.1) is 0 Å². The molecule has 2 N–H and O–H groups in total. The molecule has 0 aliphatic heterocycles. The van der Waals surface area contributed by atoms with Crippen LogP contribution in [0.4, 0.5) is 5.13 Å². The third kappa shape index (κ3) is 5.02. The lowest BCUT2D eigenvalue weighted by molar-refractivity contribution is 0.709. The number of hydrogen-bond donors (Lipinski definition) is 1. The highest BCUT2D eigenvalue weighted by atomic mass is 35.5. The van der Waals surface area contributed by atoms with Gasteiger partial charge in [-0.05, 0) is 12.8 Å². The lowest BCUT2D eigenvalue weighted by atomic mass is 10.2. The smallest absolute Gasteiger partial charge is 0.203 e. The molecule has 80 valence electrons. The number of alkyl halides is 1. The van der Waals surface area contributed by atoms with Crippen molar-refractivity contribution in [3.05, 3.63) is 0 Å². The zero-order chi connectivity index (χ0) is 10.2. The van der Waals surface area contributed by atoms with E-state index in [4.69, 9.17) is 17.3 Å². The molecule has 0 atom stereocenters. The van der Waals surface area contributed by atoms with Crippen molar-refractivity contribution in [2.45, 2.75) is 30.0 Å². The van der Waals surface area contributed by atoms with Gasteiger partial charge in [0.2, 0.25) is 5.13 Å². The average molecular weight is 252 g/mol. The molecule has 0 unspecified atom stereocenters. The van der Waals surface area contributed by atoms with Gasteiger partial charge in [-0.15, -0.1) is 21.8 Å². The van der Waals surface area contributed by atoms with E-state index in [9.17, 15) is 0 Å². The van der Waals surface area contributed by atoms with Crippen molar-refractivity contribution in [1.29, 1.82) is 0 Å². The monoisotopic (exact) mass is 251 g/mol. The van der Waals surface area contributed by atoms with Crippen LogP contribution in [0.5, 0.6) is 0 Å². The highest BCUT2D eigenvalue weighted by Gasteiger charge is 2.00. The van der Waals surface area contributed by atoms with E-state index in [-0.39, 0.29) is 0 Å². The summed E-state index contributed by atoms with van der Waals surface area (Å²) in [5.74, 6) is 1.87. The number of halogens is 1. The minimum Gasteiger partial charge on any atom is -0.374 e. The van der Waals surface area contributed by atoms with E-state index in [2.05, 4.69) is 10.2 Å². The Bertz CT molecular complexity index is 254. The summed E-state index contributed by atoms with van der Waals surface area (Å²) in [5, 5.41) is 8.24. The third-order valence-corrected chi connectivity index (χ3v) is 3.91. The van der Waals surface area contributed by atoms with Crippen LogP contribution in [0.1, 0.15) is 25.7 Å². The highest BCUT2D eigenvalue weighted by Crippen LogP contribution is 2.24. The van der Waals surface area contributed by atoms with E-state index >= 15 is 0 Å². The molecule has 0 aliphatic carbocycles. The first-order valence-corrected chi connectivity index (χ1v) is 6.94. The van der Waals surface area contributed by atoms with Gasteiger partial charge < -0.3 is 5.73 Å². The Morgan fingerprint density at radius 3 is 2.64 bits per heavy atom. The molecule has 1 aromatic rings. The van der Waals surface area contributed by atoms with Gasteiger partial charge in [-0.2, -0.15) is 0 Å². The van der Waals surface area contributed by atoms with E-state index in [1.54, 1.807) is 11.8 Å². The summed E-state index contributed by atoms with van der Waals surface area (Å²) in [6, 6.07) is 0. The van der Waals surface area contributed by atoms with Crippen LogP contribution in [0.3, 0.4) is 0 Å². The summed E-state index contributed by atoms with van der Waals surface area (Å²) in [6.07, 6.45) is 4.80. The number of nitrogens with two attached hydrogens (primary N) is 1. The van der Waals surface area contributed by atoms with Gasteiger partial charge in [0, 0.05) is 11.6 Å². The summed E-state index contributed by atoms with van der Waals surface area (Å²) >= 11 is 8.76. The maximum Gasteiger partial charge on any atom is 0.203 e. The molecule has 1 rings (SSSR count). The fourth-order valence-electron chi connectivity index (χ4n) is 0.988. The molecule has 0 aromatic carbocycles. The lowest BCUT2D eigenvalue weighted by Gasteiger charge is -1.97. The van der Waals surface area contributed by atoms with Crippen LogP contribution in [0.15, 0.2) is 4.34 Å². The van der Waals surface area contributed by atoms with Crippen LogP contribution in [-0.2, 0) is 0 Å². The number of nitrogens with zero attached hydrogens (tertiary/aromatic N) is 2. The average Bonchev–Trinajstić information content (AvgIpc) is 2.58. The Labute approximate surface area is 97.4 Å². The predicted octanol–water partition coefficient (Wildman–Crippen LogP) is 3.01. The standard InChI is InChI=1S/C8H14ClN3S2/c9-5-3-1-2-4-6-13-8-12-11-7(10)14-8/h1-6H2,(H2,10,11). The molecule has 0 aliphatic rings. The van der Waals surface area contributed by atoms with Gasteiger partial charge in [-0.3, -0.25) is 0 Å². The topological polar surface area (TPSA) is 51.8 Å². The molecule has 3 nitrogen and oxygen atoms in total. The van der Waals surface area contributed by atoms with Crippen molar-refractivity contribution in [2.75, 3.05) is 17.4 Å². The number of nitrogen functional groups attached to an aromatic ring is 1. The van der Waals surface area contributed by atoms with Crippen molar-refractivity contribution in [3.63, 3.8) is 0 Å². The second kappa shape index (κ2) is 7.31. The molecular formula is C8H14ClN3S2. The number of anilines is 1. The van der Waals surface area contributed by atoms with Crippen molar-refractivity contribution in [1.82, 2.24) is 10.2 Å². The van der Waals surface area contributed by atoms with Crippen molar-refractivity contribution < 1.29 is 0 Å². The van der Waals surface area contributed by atoms with Crippen LogP contribution < -0.4 is 5.73 Å². The maximum atomic E-state index is 5.58. The minimum atomic E-state index is 0.551. The Morgan fingerprint density at radius 2 is 2.00 bits per heavy atom. The van der Waals surface area contributed by atoms with Crippen molar-refractivity contribution in [2.24, 2.45) is 0 Å². The number of aromatic nitrogens is 2. The highest BCUT2D eigenvalue weighted by molar-refractivity contribution is 8.01. The van der Waals surface area contributed by atoms with E-state index in [0.29, 0.717) is 5.13 Å². The fourth-order valence-corrected chi connectivity index (χ4v) is 2.88. The van der Waals surface area contributed by atoms with E-state index in [1.807, 2.05) is 0 Å².